The smallest absolute Gasteiger partial charge is 0.0739 e. The Morgan fingerprint density at radius 1 is 1.45 bits per heavy atom. The van der Waals surface area contributed by atoms with Gasteiger partial charge in [-0.3, -0.25) is 9.58 Å². The quantitative estimate of drug-likeness (QED) is 0.916. The van der Waals surface area contributed by atoms with Gasteiger partial charge in [0.05, 0.1) is 15.9 Å². The molecule has 0 radical (unpaired) electrons. The van der Waals surface area contributed by atoms with Crippen LogP contribution in [-0.2, 0) is 13.6 Å². The first-order valence-electron chi connectivity index (χ1n) is 7.55. The minimum atomic E-state index is 0.577. The molecule has 4 nitrogen and oxygen atoms in total. The van der Waals surface area contributed by atoms with Gasteiger partial charge in [0.25, 0.3) is 0 Å². The Labute approximate surface area is 131 Å². The molecule has 2 heterocycles. The minimum Gasteiger partial charge on any atom is -0.312 e. The van der Waals surface area contributed by atoms with Crippen molar-refractivity contribution in [2.45, 2.75) is 52.7 Å². The van der Waals surface area contributed by atoms with Crippen LogP contribution >= 0.6 is 15.9 Å². The lowest BCUT2D eigenvalue weighted by atomic mass is 10.0. The van der Waals surface area contributed by atoms with Crippen molar-refractivity contribution in [2.24, 2.45) is 13.0 Å². The summed E-state index contributed by atoms with van der Waals surface area (Å²) in [5.74, 6) is 0.666. The summed E-state index contributed by atoms with van der Waals surface area (Å²) in [6.45, 7) is 12.2. The molecule has 1 aliphatic rings. The predicted molar refractivity (Wildman–Crippen MR) is 86.8 cm³/mol. The highest BCUT2D eigenvalue weighted by molar-refractivity contribution is 9.10. The number of hydrogen-bond donors (Lipinski definition) is 1. The van der Waals surface area contributed by atoms with Gasteiger partial charge in [0.2, 0.25) is 0 Å². The lowest BCUT2D eigenvalue weighted by Gasteiger charge is -2.30. The summed E-state index contributed by atoms with van der Waals surface area (Å²) in [5.41, 5.74) is 2.35. The van der Waals surface area contributed by atoms with Crippen molar-refractivity contribution in [2.75, 3.05) is 13.1 Å². The van der Waals surface area contributed by atoms with Gasteiger partial charge in [-0.05, 0) is 48.7 Å². The molecule has 0 saturated carbocycles. The molecule has 1 aliphatic heterocycles. The first kappa shape index (κ1) is 16.0. The number of halogens is 1. The molecule has 0 aliphatic carbocycles. The summed E-state index contributed by atoms with van der Waals surface area (Å²) in [7, 11) is 2.04. The Hall–Kier alpha value is -0.390. The van der Waals surface area contributed by atoms with E-state index in [2.05, 4.69) is 58.9 Å². The van der Waals surface area contributed by atoms with Gasteiger partial charge in [0.1, 0.15) is 0 Å². The van der Waals surface area contributed by atoms with Crippen LogP contribution in [0.15, 0.2) is 4.47 Å². The van der Waals surface area contributed by atoms with Crippen LogP contribution in [0.1, 0.15) is 38.6 Å². The van der Waals surface area contributed by atoms with E-state index in [1.807, 2.05) is 11.7 Å². The fourth-order valence-electron chi connectivity index (χ4n) is 2.87. The van der Waals surface area contributed by atoms with Crippen molar-refractivity contribution in [1.82, 2.24) is 20.0 Å². The van der Waals surface area contributed by atoms with Crippen LogP contribution in [0.25, 0.3) is 0 Å². The molecule has 1 N–H and O–H groups in total. The van der Waals surface area contributed by atoms with E-state index in [0.29, 0.717) is 18.0 Å². The van der Waals surface area contributed by atoms with Crippen LogP contribution in [0.4, 0.5) is 0 Å². The molecular weight excluding hydrogens is 316 g/mol. The summed E-state index contributed by atoms with van der Waals surface area (Å²) in [5, 5.41) is 8.19. The molecule has 0 aromatic carbocycles. The van der Waals surface area contributed by atoms with E-state index >= 15 is 0 Å². The van der Waals surface area contributed by atoms with Gasteiger partial charge in [-0.2, -0.15) is 5.10 Å². The number of aromatic nitrogens is 2. The molecule has 0 amide bonds. The maximum atomic E-state index is 4.51. The van der Waals surface area contributed by atoms with E-state index in [0.717, 1.165) is 29.8 Å². The van der Waals surface area contributed by atoms with Crippen molar-refractivity contribution in [3.05, 3.63) is 15.9 Å². The van der Waals surface area contributed by atoms with Gasteiger partial charge in [0.15, 0.2) is 0 Å². The fourth-order valence-corrected chi connectivity index (χ4v) is 3.33. The lowest BCUT2D eigenvalue weighted by Crippen LogP contribution is -2.42. The molecule has 5 heteroatoms. The zero-order valence-corrected chi connectivity index (χ0v) is 14.9. The number of aryl methyl sites for hydroxylation is 2. The fraction of sp³-hybridized carbons (Fsp3) is 0.800. The second-order valence-corrected chi connectivity index (χ2v) is 7.13. The van der Waals surface area contributed by atoms with Crippen LogP contribution < -0.4 is 5.32 Å². The second-order valence-electron chi connectivity index (χ2n) is 6.34. The average Bonchev–Trinajstić information content (AvgIpc) is 2.54. The zero-order chi connectivity index (χ0) is 14.9. The predicted octanol–water partition coefficient (Wildman–Crippen LogP) is 2.70. The topological polar surface area (TPSA) is 33.1 Å². The van der Waals surface area contributed by atoms with Crippen LogP contribution in [0, 0.1) is 12.8 Å². The second kappa shape index (κ2) is 6.58. The summed E-state index contributed by atoms with van der Waals surface area (Å²) < 4.78 is 3.17. The van der Waals surface area contributed by atoms with Gasteiger partial charge < -0.3 is 5.32 Å². The monoisotopic (exact) mass is 342 g/mol. The van der Waals surface area contributed by atoms with Crippen molar-refractivity contribution in [3.8, 4) is 0 Å². The molecule has 20 heavy (non-hydrogen) atoms. The highest BCUT2D eigenvalue weighted by Crippen LogP contribution is 2.24. The van der Waals surface area contributed by atoms with Crippen LogP contribution in [0.3, 0.4) is 0 Å². The SMILES string of the molecule is Cc1nn(C)c(CN2CC(C(C)C)NCCC2C)c1Br. The molecule has 1 aromatic heterocycles. The van der Waals surface area contributed by atoms with Crippen molar-refractivity contribution in [1.29, 1.82) is 0 Å². The third kappa shape index (κ3) is 3.43. The first-order chi connectivity index (χ1) is 9.40. The van der Waals surface area contributed by atoms with Crippen molar-refractivity contribution in [3.63, 3.8) is 0 Å². The standard InChI is InChI=1S/C15H27BrN4/c1-10(2)13-8-20(11(3)6-7-17-13)9-14-15(16)12(4)18-19(14)5/h10-11,13,17H,6-9H2,1-5H3. The number of nitrogens with zero attached hydrogens (tertiary/aromatic N) is 3. The van der Waals surface area contributed by atoms with E-state index in [-0.39, 0.29) is 0 Å². The molecule has 2 atom stereocenters. The largest absolute Gasteiger partial charge is 0.312 e. The van der Waals surface area contributed by atoms with Crippen molar-refractivity contribution < 1.29 is 0 Å². The van der Waals surface area contributed by atoms with Gasteiger partial charge in [-0.1, -0.05) is 13.8 Å². The average molecular weight is 343 g/mol. The third-order valence-corrected chi connectivity index (χ3v) is 5.47. The molecule has 114 valence electrons. The van der Waals surface area contributed by atoms with Crippen LogP contribution in [0.5, 0.6) is 0 Å². The third-order valence-electron chi connectivity index (χ3n) is 4.44. The van der Waals surface area contributed by atoms with Crippen LogP contribution in [-0.4, -0.2) is 39.9 Å². The lowest BCUT2D eigenvalue weighted by molar-refractivity contribution is 0.179. The summed E-state index contributed by atoms with van der Waals surface area (Å²) in [4.78, 5) is 2.59. The van der Waals surface area contributed by atoms with Gasteiger partial charge in [0, 0.05) is 32.2 Å². The van der Waals surface area contributed by atoms with E-state index in [4.69, 9.17) is 0 Å². The Kier molecular flexibility index (Phi) is 5.26. The summed E-state index contributed by atoms with van der Waals surface area (Å²) >= 11 is 3.69. The first-order valence-corrected chi connectivity index (χ1v) is 8.34. The van der Waals surface area contributed by atoms with Gasteiger partial charge >= 0.3 is 0 Å². The highest BCUT2D eigenvalue weighted by atomic mass is 79.9. The van der Waals surface area contributed by atoms with E-state index in [1.54, 1.807) is 0 Å². The number of rotatable bonds is 3. The van der Waals surface area contributed by atoms with Crippen LogP contribution in [0.2, 0.25) is 0 Å². The number of hydrogen-bond acceptors (Lipinski definition) is 3. The zero-order valence-electron chi connectivity index (χ0n) is 13.3. The normalized spacial score (nSPS) is 25.1. The Balaban J connectivity index is 2.16. The molecule has 1 fully saturated rings. The molecule has 2 rings (SSSR count). The molecule has 1 saturated heterocycles. The van der Waals surface area contributed by atoms with E-state index in [9.17, 15) is 0 Å². The van der Waals surface area contributed by atoms with E-state index < -0.39 is 0 Å². The Morgan fingerprint density at radius 3 is 2.70 bits per heavy atom. The summed E-state index contributed by atoms with van der Waals surface area (Å²) in [6, 6.07) is 1.18. The van der Waals surface area contributed by atoms with E-state index in [1.165, 1.54) is 12.1 Å². The molecule has 0 bridgehead atoms. The molecular formula is C15H27BrN4. The Morgan fingerprint density at radius 2 is 2.15 bits per heavy atom. The maximum Gasteiger partial charge on any atom is 0.0739 e. The van der Waals surface area contributed by atoms with Gasteiger partial charge in [-0.15, -0.1) is 0 Å². The maximum absolute atomic E-state index is 4.51. The number of nitrogens with one attached hydrogen (secondary N) is 1. The minimum absolute atomic E-state index is 0.577. The van der Waals surface area contributed by atoms with Gasteiger partial charge in [-0.25, -0.2) is 0 Å². The summed E-state index contributed by atoms with van der Waals surface area (Å²) in [6.07, 6.45) is 1.21. The highest BCUT2D eigenvalue weighted by Gasteiger charge is 2.26. The van der Waals surface area contributed by atoms with Crippen molar-refractivity contribution >= 4 is 15.9 Å². The molecule has 0 spiro atoms. The Bertz CT molecular complexity index is 455. The molecule has 2 unspecified atom stereocenters. The molecule has 1 aromatic rings.